The van der Waals surface area contributed by atoms with Crippen LogP contribution in [0.1, 0.15) is 5.56 Å². The molecule has 0 aromatic heterocycles. The molecule has 0 aliphatic carbocycles. The minimum Gasteiger partial charge on any atom is -0.484 e. The van der Waals surface area contributed by atoms with Gasteiger partial charge < -0.3 is 14.8 Å². The zero-order valence-electron chi connectivity index (χ0n) is 10.2. The van der Waals surface area contributed by atoms with E-state index in [1.807, 2.05) is 0 Å². The highest BCUT2D eigenvalue weighted by atomic mass is 35.5. The van der Waals surface area contributed by atoms with Crippen molar-refractivity contribution in [3.63, 3.8) is 0 Å². The van der Waals surface area contributed by atoms with E-state index in [0.717, 1.165) is 12.1 Å². The molecule has 0 unspecified atom stereocenters. The largest absolute Gasteiger partial charge is 0.488 e. The number of hydrogen-bond acceptors (Lipinski definition) is 3. The first-order chi connectivity index (χ1) is 9.49. The lowest BCUT2D eigenvalue weighted by atomic mass is 9.77. The van der Waals surface area contributed by atoms with Crippen LogP contribution >= 0.6 is 11.6 Å². The predicted molar refractivity (Wildman–Crippen MR) is 72.0 cm³/mol. The highest BCUT2D eigenvalue weighted by Gasteiger charge is 2.18. The van der Waals surface area contributed by atoms with Gasteiger partial charge in [0.25, 0.3) is 0 Å². The third-order valence-electron chi connectivity index (χ3n) is 2.68. The van der Waals surface area contributed by atoms with Gasteiger partial charge in [-0.2, -0.15) is 0 Å². The molecule has 0 aliphatic rings. The molecule has 104 valence electrons. The maximum Gasteiger partial charge on any atom is 0.488 e. The lowest BCUT2D eigenvalue weighted by molar-refractivity contribution is 0.290. The lowest BCUT2D eigenvalue weighted by Crippen LogP contribution is -2.34. The molecule has 0 bridgehead atoms. The summed E-state index contributed by atoms with van der Waals surface area (Å²) < 4.78 is 31.8. The SMILES string of the molecule is OB(O)c1cc(F)ccc1COc1c(F)cccc1Cl. The molecule has 0 radical (unpaired) electrons. The first-order valence-electron chi connectivity index (χ1n) is 5.70. The van der Waals surface area contributed by atoms with Crippen molar-refractivity contribution in [3.8, 4) is 5.75 Å². The number of rotatable bonds is 4. The number of benzene rings is 2. The molecule has 2 N–H and O–H groups in total. The number of para-hydroxylation sites is 1. The van der Waals surface area contributed by atoms with E-state index in [4.69, 9.17) is 26.4 Å². The molecule has 0 amide bonds. The normalized spacial score (nSPS) is 10.4. The Bertz CT molecular complexity index is 602. The molecule has 2 aromatic carbocycles. The average molecular weight is 298 g/mol. The summed E-state index contributed by atoms with van der Waals surface area (Å²) in [6, 6.07) is 7.55. The van der Waals surface area contributed by atoms with Gasteiger partial charge in [0.05, 0.1) is 5.02 Å². The fourth-order valence-electron chi connectivity index (χ4n) is 1.71. The molecule has 7 heteroatoms. The van der Waals surface area contributed by atoms with Crippen molar-refractivity contribution in [1.29, 1.82) is 0 Å². The first-order valence-corrected chi connectivity index (χ1v) is 6.08. The van der Waals surface area contributed by atoms with Gasteiger partial charge in [0.1, 0.15) is 12.4 Å². The summed E-state index contributed by atoms with van der Waals surface area (Å²) in [5.74, 6) is -1.39. The Morgan fingerprint density at radius 3 is 2.55 bits per heavy atom. The van der Waals surface area contributed by atoms with Crippen LogP contribution in [-0.4, -0.2) is 17.2 Å². The van der Waals surface area contributed by atoms with Gasteiger partial charge in [-0.1, -0.05) is 23.7 Å². The van der Waals surface area contributed by atoms with E-state index in [1.54, 1.807) is 0 Å². The molecule has 0 spiro atoms. The lowest BCUT2D eigenvalue weighted by Gasteiger charge is -2.12. The second kappa shape index (κ2) is 6.22. The van der Waals surface area contributed by atoms with Crippen LogP contribution in [0.5, 0.6) is 5.75 Å². The smallest absolute Gasteiger partial charge is 0.484 e. The van der Waals surface area contributed by atoms with Crippen molar-refractivity contribution in [2.75, 3.05) is 0 Å². The highest BCUT2D eigenvalue weighted by molar-refractivity contribution is 6.59. The number of ether oxygens (including phenoxy) is 1. The number of halogens is 3. The maximum absolute atomic E-state index is 13.5. The summed E-state index contributed by atoms with van der Waals surface area (Å²) in [4.78, 5) is 0. The van der Waals surface area contributed by atoms with Crippen LogP contribution in [0, 0.1) is 11.6 Å². The van der Waals surface area contributed by atoms with Crippen LogP contribution in [0.2, 0.25) is 5.02 Å². The standard InChI is InChI=1S/C13H10BClF2O3/c15-11-2-1-3-12(17)13(11)20-7-8-4-5-9(16)6-10(8)14(18)19/h1-6,18-19H,7H2. The van der Waals surface area contributed by atoms with E-state index >= 15 is 0 Å². The van der Waals surface area contributed by atoms with Crippen LogP contribution in [0.3, 0.4) is 0 Å². The minimum absolute atomic E-state index is 0.0440. The Morgan fingerprint density at radius 2 is 1.90 bits per heavy atom. The average Bonchev–Trinajstić information content (AvgIpc) is 2.39. The fourth-order valence-corrected chi connectivity index (χ4v) is 1.93. The summed E-state index contributed by atoms with van der Waals surface area (Å²) in [5.41, 5.74) is 0.276. The predicted octanol–water partition coefficient (Wildman–Crippen LogP) is 1.88. The summed E-state index contributed by atoms with van der Waals surface area (Å²) in [5, 5.41) is 18.4. The second-order valence-corrected chi connectivity index (χ2v) is 4.46. The highest BCUT2D eigenvalue weighted by Crippen LogP contribution is 2.27. The van der Waals surface area contributed by atoms with E-state index in [-0.39, 0.29) is 22.8 Å². The third-order valence-corrected chi connectivity index (χ3v) is 2.97. The molecular formula is C13H10BClF2O3. The van der Waals surface area contributed by atoms with Crippen molar-refractivity contribution < 1.29 is 23.6 Å². The Morgan fingerprint density at radius 1 is 1.15 bits per heavy atom. The molecule has 0 saturated carbocycles. The molecule has 20 heavy (non-hydrogen) atoms. The van der Waals surface area contributed by atoms with E-state index in [1.165, 1.54) is 24.3 Å². The Balaban J connectivity index is 2.23. The van der Waals surface area contributed by atoms with Gasteiger partial charge in [-0.3, -0.25) is 0 Å². The Kier molecular flexibility index (Phi) is 4.59. The first kappa shape index (κ1) is 14.8. The van der Waals surface area contributed by atoms with Crippen LogP contribution in [0.4, 0.5) is 8.78 Å². The van der Waals surface area contributed by atoms with Gasteiger partial charge in [0, 0.05) is 0 Å². The van der Waals surface area contributed by atoms with Crippen LogP contribution < -0.4 is 10.2 Å². The van der Waals surface area contributed by atoms with E-state index in [0.29, 0.717) is 5.56 Å². The van der Waals surface area contributed by atoms with Crippen molar-refractivity contribution >= 4 is 24.2 Å². The van der Waals surface area contributed by atoms with E-state index in [9.17, 15) is 8.78 Å². The van der Waals surface area contributed by atoms with Crippen molar-refractivity contribution in [2.24, 2.45) is 0 Å². The number of hydrogen-bond donors (Lipinski definition) is 2. The van der Waals surface area contributed by atoms with Gasteiger partial charge >= 0.3 is 7.12 Å². The monoisotopic (exact) mass is 298 g/mol. The van der Waals surface area contributed by atoms with Crippen molar-refractivity contribution in [2.45, 2.75) is 6.61 Å². The summed E-state index contributed by atoms with van der Waals surface area (Å²) in [6.07, 6.45) is 0. The molecule has 0 fully saturated rings. The molecule has 2 rings (SSSR count). The summed E-state index contributed by atoms with van der Waals surface area (Å²) in [6.45, 7) is -0.173. The van der Waals surface area contributed by atoms with Crippen LogP contribution in [0.15, 0.2) is 36.4 Å². The third kappa shape index (κ3) is 3.28. The molecule has 0 atom stereocenters. The Hall–Kier alpha value is -1.63. The van der Waals surface area contributed by atoms with Gasteiger partial charge in [0.15, 0.2) is 11.6 Å². The zero-order valence-corrected chi connectivity index (χ0v) is 10.9. The topological polar surface area (TPSA) is 49.7 Å². The summed E-state index contributed by atoms with van der Waals surface area (Å²) in [7, 11) is -1.85. The minimum atomic E-state index is -1.85. The van der Waals surface area contributed by atoms with Gasteiger partial charge in [-0.15, -0.1) is 0 Å². The Labute approximate surface area is 119 Å². The van der Waals surface area contributed by atoms with E-state index < -0.39 is 18.8 Å². The van der Waals surface area contributed by atoms with Gasteiger partial charge in [-0.05, 0) is 35.3 Å². The van der Waals surface area contributed by atoms with Crippen molar-refractivity contribution in [1.82, 2.24) is 0 Å². The quantitative estimate of drug-likeness (QED) is 0.847. The fraction of sp³-hybridized carbons (Fsp3) is 0.0769. The van der Waals surface area contributed by atoms with Crippen molar-refractivity contribution in [3.05, 3.63) is 58.6 Å². The molecule has 2 aromatic rings. The maximum atomic E-state index is 13.5. The molecule has 0 aliphatic heterocycles. The van der Waals surface area contributed by atoms with Gasteiger partial charge in [0.2, 0.25) is 0 Å². The molecule has 0 heterocycles. The molecule has 3 nitrogen and oxygen atoms in total. The van der Waals surface area contributed by atoms with E-state index in [2.05, 4.69) is 0 Å². The second-order valence-electron chi connectivity index (χ2n) is 4.06. The molecule has 0 saturated heterocycles. The van der Waals surface area contributed by atoms with Crippen LogP contribution in [-0.2, 0) is 6.61 Å². The molecular weight excluding hydrogens is 288 g/mol. The summed E-state index contributed by atoms with van der Waals surface area (Å²) >= 11 is 5.80. The zero-order chi connectivity index (χ0) is 14.7. The van der Waals surface area contributed by atoms with Crippen LogP contribution in [0.25, 0.3) is 0 Å². The van der Waals surface area contributed by atoms with Gasteiger partial charge in [-0.25, -0.2) is 8.78 Å².